The zero-order valence-electron chi connectivity index (χ0n) is 9.52. The number of aromatic carboxylic acids is 1. The normalized spacial score (nSPS) is 17.2. The lowest BCUT2D eigenvalue weighted by Crippen LogP contribution is -2.40. The summed E-state index contributed by atoms with van der Waals surface area (Å²) in [6, 6.07) is 4.85. The van der Waals surface area contributed by atoms with Crippen LogP contribution in [0.2, 0.25) is 0 Å². The van der Waals surface area contributed by atoms with Gasteiger partial charge in [-0.3, -0.25) is 0 Å². The molecule has 1 aromatic rings. The molecule has 1 fully saturated rings. The number of rotatable bonds is 5. The molecule has 0 radical (unpaired) electrons. The molecule has 1 heterocycles. The van der Waals surface area contributed by atoms with Crippen LogP contribution in [0.4, 0.5) is 5.82 Å². The number of pyridine rings is 1. The second-order valence-electron chi connectivity index (χ2n) is 4.58. The molecule has 0 amide bonds. The Morgan fingerprint density at radius 3 is 2.76 bits per heavy atom. The van der Waals surface area contributed by atoms with E-state index in [1.807, 2.05) is 0 Å². The number of carbonyl (C=O) groups is 1. The summed E-state index contributed by atoms with van der Waals surface area (Å²) in [5.74, 6) is -0.487. The molecule has 1 saturated carbocycles. The Bertz CT molecular complexity index is 410. The Balaban J connectivity index is 1.99. The van der Waals surface area contributed by atoms with Crippen LogP contribution in [0, 0.1) is 5.41 Å². The molecular weight excluding hydrogens is 220 g/mol. The SMILES string of the molecule is O=C(O)c1cccc(NCC2(CO)CCC2)n1. The van der Waals surface area contributed by atoms with Crippen molar-refractivity contribution in [3.05, 3.63) is 23.9 Å². The van der Waals surface area contributed by atoms with E-state index in [-0.39, 0.29) is 17.7 Å². The van der Waals surface area contributed by atoms with Crippen LogP contribution in [0.25, 0.3) is 0 Å². The molecule has 5 nitrogen and oxygen atoms in total. The minimum absolute atomic E-state index is 0.0293. The van der Waals surface area contributed by atoms with Crippen LogP contribution in [-0.4, -0.2) is 34.3 Å². The van der Waals surface area contributed by atoms with E-state index in [1.165, 1.54) is 6.07 Å². The van der Waals surface area contributed by atoms with Crippen LogP contribution in [-0.2, 0) is 0 Å². The van der Waals surface area contributed by atoms with Gasteiger partial charge in [0.15, 0.2) is 5.69 Å². The fourth-order valence-corrected chi connectivity index (χ4v) is 2.00. The first-order valence-corrected chi connectivity index (χ1v) is 5.70. The Labute approximate surface area is 99.5 Å². The highest BCUT2D eigenvalue weighted by atomic mass is 16.4. The number of aliphatic hydroxyl groups excluding tert-OH is 1. The third kappa shape index (κ3) is 2.55. The number of nitrogens with one attached hydrogen (secondary N) is 1. The van der Waals surface area contributed by atoms with Crippen molar-refractivity contribution in [1.82, 2.24) is 4.98 Å². The topological polar surface area (TPSA) is 82.5 Å². The number of aliphatic hydroxyl groups is 1. The number of anilines is 1. The van der Waals surface area contributed by atoms with Crippen LogP contribution >= 0.6 is 0 Å². The Kier molecular flexibility index (Phi) is 3.28. The monoisotopic (exact) mass is 236 g/mol. The summed E-state index contributed by atoms with van der Waals surface area (Å²) < 4.78 is 0. The van der Waals surface area contributed by atoms with Gasteiger partial charge in [-0.2, -0.15) is 0 Å². The van der Waals surface area contributed by atoms with Crippen molar-refractivity contribution in [2.75, 3.05) is 18.5 Å². The van der Waals surface area contributed by atoms with Crippen molar-refractivity contribution in [3.63, 3.8) is 0 Å². The zero-order valence-corrected chi connectivity index (χ0v) is 9.52. The molecule has 1 aliphatic carbocycles. The van der Waals surface area contributed by atoms with E-state index < -0.39 is 5.97 Å². The molecule has 3 N–H and O–H groups in total. The van der Waals surface area contributed by atoms with Gasteiger partial charge in [-0.05, 0) is 25.0 Å². The van der Waals surface area contributed by atoms with Gasteiger partial charge in [-0.15, -0.1) is 0 Å². The Morgan fingerprint density at radius 2 is 2.24 bits per heavy atom. The molecule has 0 bridgehead atoms. The van der Waals surface area contributed by atoms with Crippen LogP contribution in [0.1, 0.15) is 29.8 Å². The first-order valence-electron chi connectivity index (χ1n) is 5.70. The summed E-state index contributed by atoms with van der Waals surface area (Å²) in [6.45, 7) is 0.804. The van der Waals surface area contributed by atoms with E-state index in [0.29, 0.717) is 12.4 Å². The molecule has 0 saturated heterocycles. The quantitative estimate of drug-likeness (QED) is 0.719. The predicted octanol–water partition coefficient (Wildman–Crippen LogP) is 1.35. The molecular formula is C12H16N2O3. The fourth-order valence-electron chi connectivity index (χ4n) is 2.00. The van der Waals surface area contributed by atoms with Gasteiger partial charge in [0.25, 0.3) is 0 Å². The summed E-state index contributed by atoms with van der Waals surface area (Å²) in [4.78, 5) is 14.7. The lowest BCUT2D eigenvalue weighted by Gasteiger charge is -2.40. The minimum atomic E-state index is -1.03. The summed E-state index contributed by atoms with van der Waals surface area (Å²) in [5.41, 5.74) is -0.0115. The highest BCUT2D eigenvalue weighted by Crippen LogP contribution is 2.40. The van der Waals surface area contributed by atoms with Crippen molar-refractivity contribution in [1.29, 1.82) is 0 Å². The number of hydrogen-bond donors (Lipinski definition) is 3. The average molecular weight is 236 g/mol. The molecule has 1 aliphatic rings. The molecule has 17 heavy (non-hydrogen) atoms. The van der Waals surface area contributed by atoms with Crippen LogP contribution in [0.15, 0.2) is 18.2 Å². The molecule has 0 aromatic carbocycles. The number of carboxylic acids is 1. The molecule has 92 valence electrons. The highest BCUT2D eigenvalue weighted by Gasteiger charge is 2.36. The first kappa shape index (κ1) is 11.9. The molecule has 0 spiro atoms. The van der Waals surface area contributed by atoms with Crippen molar-refractivity contribution in [2.24, 2.45) is 5.41 Å². The lowest BCUT2D eigenvalue weighted by atomic mass is 9.69. The fraction of sp³-hybridized carbons (Fsp3) is 0.500. The second-order valence-corrected chi connectivity index (χ2v) is 4.58. The molecule has 0 unspecified atom stereocenters. The maximum Gasteiger partial charge on any atom is 0.354 e. The summed E-state index contributed by atoms with van der Waals surface area (Å²) in [6.07, 6.45) is 3.16. The molecule has 0 aliphatic heterocycles. The van der Waals surface area contributed by atoms with Crippen LogP contribution < -0.4 is 5.32 Å². The second kappa shape index (κ2) is 4.71. The van der Waals surface area contributed by atoms with Gasteiger partial charge in [0.05, 0.1) is 6.61 Å². The minimum Gasteiger partial charge on any atom is -0.477 e. The van der Waals surface area contributed by atoms with Crippen molar-refractivity contribution in [2.45, 2.75) is 19.3 Å². The van der Waals surface area contributed by atoms with Crippen LogP contribution in [0.3, 0.4) is 0 Å². The first-order chi connectivity index (χ1) is 8.15. The van der Waals surface area contributed by atoms with Gasteiger partial charge in [0.2, 0.25) is 0 Å². The Morgan fingerprint density at radius 1 is 1.47 bits per heavy atom. The molecule has 0 atom stereocenters. The smallest absolute Gasteiger partial charge is 0.354 e. The predicted molar refractivity (Wildman–Crippen MR) is 63.1 cm³/mol. The summed E-state index contributed by atoms with van der Waals surface area (Å²) in [7, 11) is 0. The number of aromatic nitrogens is 1. The highest BCUT2D eigenvalue weighted by molar-refractivity contribution is 5.85. The Hall–Kier alpha value is -1.62. The van der Waals surface area contributed by atoms with E-state index in [2.05, 4.69) is 10.3 Å². The number of carboxylic acid groups (broad SMARTS) is 1. The largest absolute Gasteiger partial charge is 0.477 e. The van der Waals surface area contributed by atoms with Crippen molar-refractivity contribution >= 4 is 11.8 Å². The summed E-state index contributed by atoms with van der Waals surface area (Å²) >= 11 is 0. The van der Waals surface area contributed by atoms with Crippen LogP contribution in [0.5, 0.6) is 0 Å². The number of hydrogen-bond acceptors (Lipinski definition) is 4. The van der Waals surface area contributed by atoms with E-state index in [9.17, 15) is 9.90 Å². The van der Waals surface area contributed by atoms with Crippen molar-refractivity contribution < 1.29 is 15.0 Å². The standard InChI is InChI=1S/C12H16N2O3/c15-8-12(5-2-6-12)7-13-10-4-1-3-9(14-10)11(16)17/h1,3-4,15H,2,5-8H2,(H,13,14)(H,16,17). The van der Waals surface area contributed by atoms with Gasteiger partial charge in [-0.25, -0.2) is 9.78 Å². The van der Waals surface area contributed by atoms with Gasteiger partial charge in [-0.1, -0.05) is 12.5 Å². The molecule has 2 rings (SSSR count). The van der Waals surface area contributed by atoms with Gasteiger partial charge >= 0.3 is 5.97 Å². The van der Waals surface area contributed by atoms with Gasteiger partial charge in [0, 0.05) is 12.0 Å². The van der Waals surface area contributed by atoms with Gasteiger partial charge < -0.3 is 15.5 Å². The van der Waals surface area contributed by atoms with E-state index in [1.54, 1.807) is 12.1 Å². The maximum absolute atomic E-state index is 10.7. The molecule has 5 heteroatoms. The van der Waals surface area contributed by atoms with E-state index in [4.69, 9.17) is 5.11 Å². The van der Waals surface area contributed by atoms with E-state index >= 15 is 0 Å². The maximum atomic E-state index is 10.7. The summed E-state index contributed by atoms with van der Waals surface area (Å²) in [5, 5.41) is 21.2. The van der Waals surface area contributed by atoms with Gasteiger partial charge in [0.1, 0.15) is 5.82 Å². The zero-order chi connectivity index (χ0) is 12.3. The number of nitrogens with zero attached hydrogens (tertiary/aromatic N) is 1. The third-order valence-electron chi connectivity index (χ3n) is 3.36. The third-order valence-corrected chi connectivity index (χ3v) is 3.36. The van der Waals surface area contributed by atoms with Crippen molar-refractivity contribution in [3.8, 4) is 0 Å². The molecule has 1 aromatic heterocycles. The average Bonchev–Trinajstić information content (AvgIpc) is 2.28. The lowest BCUT2D eigenvalue weighted by molar-refractivity contribution is 0.0575. The van der Waals surface area contributed by atoms with E-state index in [0.717, 1.165) is 19.3 Å².